The Morgan fingerprint density at radius 1 is 0.585 bits per heavy atom. The molecule has 0 saturated heterocycles. The first-order valence-electron chi connectivity index (χ1n) is 18.4. The lowest BCUT2D eigenvalue weighted by Crippen LogP contribution is -2.08. The summed E-state index contributed by atoms with van der Waals surface area (Å²) in [6, 6.07) is 54.0. The number of rotatable bonds is 8. The average molecular weight is 684 g/mol. The van der Waals surface area contributed by atoms with Gasteiger partial charge in [-0.25, -0.2) is 9.98 Å². The van der Waals surface area contributed by atoms with Crippen molar-refractivity contribution in [3.05, 3.63) is 192 Å². The molecule has 256 valence electrons. The standard InChI is InChI=1S/C50H41N3/c1-3-36-31-39-23-13-14-24-40(39)32-47(36)48-33-41(43-30-29-42(37-19-9-5-10-20-37)44-25-15-16-26-45(43)44)27-28-46(48)50(52-34-35-17-7-4-8-18-35)53-49(51-2)38-21-11-6-12-22-38/h5-7,9-33H,2-4,8,34H2,1H3/b52-50-,53-49-. The fourth-order valence-electron chi connectivity index (χ4n) is 7.39. The predicted octanol–water partition coefficient (Wildman–Crippen LogP) is 12.7. The van der Waals surface area contributed by atoms with Crippen molar-refractivity contribution >= 4 is 39.9 Å². The lowest BCUT2D eigenvalue weighted by molar-refractivity contribution is 0.994. The summed E-state index contributed by atoms with van der Waals surface area (Å²) in [6.07, 6.45) is 9.66. The van der Waals surface area contributed by atoms with Gasteiger partial charge in [-0.05, 0) is 110 Å². The normalized spacial score (nSPS) is 13.3. The molecule has 3 nitrogen and oxygen atoms in total. The van der Waals surface area contributed by atoms with Gasteiger partial charge in [-0.3, -0.25) is 4.99 Å². The molecule has 0 amide bonds. The Labute approximate surface area is 312 Å². The van der Waals surface area contributed by atoms with Crippen LogP contribution in [0.25, 0.3) is 54.9 Å². The van der Waals surface area contributed by atoms with Crippen LogP contribution in [0.4, 0.5) is 0 Å². The van der Waals surface area contributed by atoms with E-state index in [1.54, 1.807) is 0 Å². The van der Waals surface area contributed by atoms with Crippen molar-refractivity contribution in [2.24, 2.45) is 15.0 Å². The first-order chi connectivity index (χ1) is 26.2. The third-order valence-electron chi connectivity index (χ3n) is 10.1. The van der Waals surface area contributed by atoms with Crippen LogP contribution < -0.4 is 0 Å². The fraction of sp³-hybridized carbons (Fsp3) is 0.100. The van der Waals surface area contributed by atoms with Gasteiger partial charge in [0, 0.05) is 11.1 Å². The smallest absolute Gasteiger partial charge is 0.161 e. The summed E-state index contributed by atoms with van der Waals surface area (Å²) in [7, 11) is 0. The van der Waals surface area contributed by atoms with Crippen molar-refractivity contribution in [1.29, 1.82) is 0 Å². The van der Waals surface area contributed by atoms with Gasteiger partial charge in [0.15, 0.2) is 11.7 Å². The zero-order chi connectivity index (χ0) is 36.0. The SMILES string of the molecule is C=N/C(=N\C(=N/CC1=CCCC=C1)c1ccc(-c2ccc(-c3ccccc3)c3ccccc23)cc1-c1cc2ccccc2cc1CC)c1ccccc1. The molecule has 0 aliphatic heterocycles. The Bertz CT molecular complexity index is 2570. The Hall–Kier alpha value is -6.45. The molecule has 0 unspecified atom stereocenters. The molecule has 0 saturated carbocycles. The summed E-state index contributed by atoms with van der Waals surface area (Å²) in [4.78, 5) is 14.9. The molecule has 1 aliphatic carbocycles. The molecule has 0 heterocycles. The summed E-state index contributed by atoms with van der Waals surface area (Å²) in [6.45, 7) is 6.69. The van der Waals surface area contributed by atoms with E-state index in [9.17, 15) is 0 Å². The van der Waals surface area contributed by atoms with Crippen LogP contribution >= 0.6 is 0 Å². The van der Waals surface area contributed by atoms with E-state index in [2.05, 4.69) is 158 Å². The lowest BCUT2D eigenvalue weighted by atomic mass is 9.87. The molecule has 0 fully saturated rings. The first-order valence-corrected chi connectivity index (χ1v) is 18.4. The van der Waals surface area contributed by atoms with Gasteiger partial charge in [-0.1, -0.05) is 159 Å². The van der Waals surface area contributed by atoms with E-state index in [4.69, 9.17) is 9.98 Å². The topological polar surface area (TPSA) is 37.1 Å². The van der Waals surface area contributed by atoms with Crippen molar-refractivity contribution in [3.63, 3.8) is 0 Å². The molecule has 7 aromatic carbocycles. The van der Waals surface area contributed by atoms with Crippen molar-refractivity contribution in [2.75, 3.05) is 6.54 Å². The highest BCUT2D eigenvalue weighted by Crippen LogP contribution is 2.39. The van der Waals surface area contributed by atoms with Crippen molar-refractivity contribution in [1.82, 2.24) is 0 Å². The predicted molar refractivity (Wildman–Crippen MR) is 228 cm³/mol. The second-order valence-electron chi connectivity index (χ2n) is 13.4. The van der Waals surface area contributed by atoms with Crippen LogP contribution in [-0.4, -0.2) is 24.9 Å². The minimum absolute atomic E-state index is 0.527. The van der Waals surface area contributed by atoms with Gasteiger partial charge in [0.1, 0.15) is 0 Å². The van der Waals surface area contributed by atoms with Gasteiger partial charge >= 0.3 is 0 Å². The molecule has 0 N–H and O–H groups in total. The van der Waals surface area contributed by atoms with Crippen molar-refractivity contribution < 1.29 is 0 Å². The molecule has 0 spiro atoms. The summed E-state index contributed by atoms with van der Waals surface area (Å²) in [5.41, 5.74) is 11.4. The quantitative estimate of drug-likeness (QED) is 0.113. The maximum atomic E-state index is 5.25. The van der Waals surface area contributed by atoms with Crippen molar-refractivity contribution in [2.45, 2.75) is 26.2 Å². The molecule has 3 heteroatoms. The van der Waals surface area contributed by atoms with E-state index in [-0.39, 0.29) is 0 Å². The molecule has 0 atom stereocenters. The monoisotopic (exact) mass is 683 g/mol. The Kier molecular flexibility index (Phi) is 9.80. The van der Waals surface area contributed by atoms with Crippen LogP contribution in [0.5, 0.6) is 0 Å². The van der Waals surface area contributed by atoms with Crippen LogP contribution in [0.1, 0.15) is 36.5 Å². The van der Waals surface area contributed by atoms with Crippen LogP contribution in [-0.2, 0) is 6.42 Å². The highest BCUT2D eigenvalue weighted by Gasteiger charge is 2.19. The number of hydrogen-bond acceptors (Lipinski definition) is 1. The van der Waals surface area contributed by atoms with Gasteiger partial charge in [0.05, 0.1) is 6.54 Å². The van der Waals surface area contributed by atoms with Crippen molar-refractivity contribution in [3.8, 4) is 33.4 Å². The highest BCUT2D eigenvalue weighted by molar-refractivity contribution is 6.16. The molecule has 0 bridgehead atoms. The summed E-state index contributed by atoms with van der Waals surface area (Å²) >= 11 is 0. The Morgan fingerprint density at radius 3 is 1.92 bits per heavy atom. The second kappa shape index (κ2) is 15.4. The minimum Gasteiger partial charge on any atom is -0.261 e. The van der Waals surface area contributed by atoms with Gasteiger partial charge in [0.2, 0.25) is 0 Å². The Balaban J connectivity index is 1.38. The number of aliphatic imine (C=N–C) groups is 3. The zero-order valence-electron chi connectivity index (χ0n) is 30.0. The van der Waals surface area contributed by atoms with Gasteiger partial charge in [-0.15, -0.1) is 0 Å². The van der Waals surface area contributed by atoms with Crippen LogP contribution in [0, 0.1) is 0 Å². The summed E-state index contributed by atoms with van der Waals surface area (Å²) < 4.78 is 0. The molecule has 8 rings (SSSR count). The third kappa shape index (κ3) is 7.07. The van der Waals surface area contributed by atoms with Crippen LogP contribution in [0.3, 0.4) is 0 Å². The zero-order valence-corrected chi connectivity index (χ0v) is 30.0. The number of aryl methyl sites for hydroxylation is 1. The number of amidine groups is 2. The molecule has 7 aromatic rings. The molecular formula is C50H41N3. The van der Waals surface area contributed by atoms with Gasteiger partial charge in [0.25, 0.3) is 0 Å². The van der Waals surface area contributed by atoms with Gasteiger partial charge in [-0.2, -0.15) is 0 Å². The highest BCUT2D eigenvalue weighted by atomic mass is 15.0. The molecule has 0 aromatic heterocycles. The Morgan fingerprint density at radius 2 is 1.25 bits per heavy atom. The number of benzene rings is 7. The number of fused-ring (bicyclic) bond motifs is 2. The minimum atomic E-state index is 0.527. The van der Waals surface area contributed by atoms with E-state index < -0.39 is 0 Å². The largest absolute Gasteiger partial charge is 0.261 e. The maximum Gasteiger partial charge on any atom is 0.161 e. The molecular weight excluding hydrogens is 643 g/mol. The van der Waals surface area contributed by atoms with E-state index in [1.165, 1.54) is 54.9 Å². The maximum absolute atomic E-state index is 5.25. The number of hydrogen-bond donors (Lipinski definition) is 0. The van der Waals surface area contributed by atoms with Gasteiger partial charge < -0.3 is 0 Å². The molecule has 1 aliphatic rings. The van der Waals surface area contributed by atoms with E-state index >= 15 is 0 Å². The number of nitrogens with zero attached hydrogens (tertiary/aromatic N) is 3. The fourth-order valence-corrected chi connectivity index (χ4v) is 7.39. The summed E-state index contributed by atoms with van der Waals surface area (Å²) in [5.74, 6) is 1.18. The average Bonchev–Trinajstić information content (AvgIpc) is 3.23. The third-order valence-corrected chi connectivity index (χ3v) is 10.1. The van der Waals surface area contributed by atoms with Crippen LogP contribution in [0.15, 0.2) is 190 Å². The summed E-state index contributed by atoms with van der Waals surface area (Å²) in [5, 5.41) is 4.88. The first kappa shape index (κ1) is 33.7. The molecule has 0 radical (unpaired) electrons. The second-order valence-corrected chi connectivity index (χ2v) is 13.4. The molecule has 53 heavy (non-hydrogen) atoms. The van der Waals surface area contributed by atoms with E-state index in [0.717, 1.165) is 41.5 Å². The lowest BCUT2D eigenvalue weighted by Gasteiger charge is -2.18. The number of allylic oxidation sites excluding steroid dienone is 2. The van der Waals surface area contributed by atoms with Crippen LogP contribution in [0.2, 0.25) is 0 Å². The van der Waals surface area contributed by atoms with E-state index in [1.807, 2.05) is 30.3 Å². The van der Waals surface area contributed by atoms with E-state index in [0.29, 0.717) is 18.2 Å².